The average molecular weight is 1030 g/mol. The number of benzene rings is 3. The number of unbranched alkanes of at least 4 members (excludes halogenated alkanes) is 25. The number of carboxylic acid groups (broad SMARTS) is 1. The Balaban J connectivity index is 1.90. The molecular weight excluding hydrogens is 927 g/mol. The highest BCUT2D eigenvalue weighted by Crippen LogP contribution is 2.37. The van der Waals surface area contributed by atoms with Crippen LogP contribution in [0, 0.1) is 0 Å². The van der Waals surface area contributed by atoms with Crippen LogP contribution in [0.15, 0.2) is 91.0 Å². The van der Waals surface area contributed by atoms with E-state index in [4.69, 9.17) is 13.9 Å². The Kier molecular flexibility index (Phi) is 33.1. The number of rotatable bonds is 43. The molecule has 1 amide bonds. The maximum atomic E-state index is 14.3. The van der Waals surface area contributed by atoms with E-state index in [1.54, 1.807) is 24.3 Å². The number of hydrogen-bond acceptors (Lipinski definition) is 7. The first-order valence-electron chi connectivity index (χ1n) is 29.1. The van der Waals surface area contributed by atoms with Crippen molar-refractivity contribution in [2.75, 3.05) is 6.61 Å². The number of aliphatic carboxylic acids is 1. The molecule has 3 atom stereocenters. The maximum Gasteiger partial charge on any atom is 0.338 e. The fourth-order valence-corrected chi connectivity index (χ4v) is 14.8. The van der Waals surface area contributed by atoms with Crippen molar-refractivity contribution in [3.63, 3.8) is 0 Å². The fraction of sp³-hybridized carbons (Fsp3) is 0.651. The molecule has 2 N–H and O–H groups in total. The first-order valence-corrected chi connectivity index (χ1v) is 31.0. The van der Waals surface area contributed by atoms with Crippen LogP contribution < -0.4 is 15.7 Å². The SMILES string of the molecule is CCCCCCCCCCCCCCCCCC(=O)N[C@@H](CO[Si](c1ccccc1)(c1ccccc1)C(C)(C)C)[C@H](OC(=O)CCC(=O)O)[C@@H](CCCCCCCCCCCCCC)OC(=O)c1ccccc1. The molecule has 0 bridgehead atoms. The van der Waals surface area contributed by atoms with E-state index in [1.807, 2.05) is 42.5 Å². The molecule has 3 aromatic rings. The van der Waals surface area contributed by atoms with Gasteiger partial charge in [0.25, 0.3) is 8.32 Å². The molecule has 0 saturated heterocycles. The van der Waals surface area contributed by atoms with E-state index < -0.39 is 55.9 Å². The van der Waals surface area contributed by atoms with Crippen molar-refractivity contribution in [1.82, 2.24) is 5.32 Å². The van der Waals surface area contributed by atoms with E-state index in [-0.39, 0.29) is 25.4 Å². The standard InChI is InChI=1S/C63H99NO8Si/c1-6-8-10-12-14-16-18-20-21-22-24-26-28-30-41-49-58(65)64-56(52-70-73(63(3,4)5,54-44-36-32-37-45-54)55-46-38-33-39-47-55)61(72-60(68)51-50-59(66)67)57(71-62(69)53-42-34-31-35-43-53)48-40-29-27-25-23-19-17-15-13-11-9-7-2/h31-39,42-47,56-57,61H,6-30,40-41,48-52H2,1-5H3,(H,64,65)(H,66,67)/t56-,57+,61-/m0/s1. The van der Waals surface area contributed by atoms with Crippen LogP contribution in [0.2, 0.25) is 5.04 Å². The van der Waals surface area contributed by atoms with Gasteiger partial charge in [-0.3, -0.25) is 14.4 Å². The molecule has 408 valence electrons. The van der Waals surface area contributed by atoms with E-state index in [9.17, 15) is 24.3 Å². The van der Waals surface area contributed by atoms with Gasteiger partial charge in [-0.25, -0.2) is 4.79 Å². The van der Waals surface area contributed by atoms with Crippen molar-refractivity contribution in [3.8, 4) is 0 Å². The Morgan fingerprint density at radius 2 is 0.904 bits per heavy atom. The van der Waals surface area contributed by atoms with Gasteiger partial charge in [-0.1, -0.05) is 274 Å². The normalized spacial score (nSPS) is 13.0. The van der Waals surface area contributed by atoms with Crippen molar-refractivity contribution in [2.45, 2.75) is 257 Å². The quantitative estimate of drug-likeness (QED) is 0.0326. The highest BCUT2D eigenvalue weighted by Gasteiger charge is 2.51. The minimum absolute atomic E-state index is 0.0490. The van der Waals surface area contributed by atoms with Crippen molar-refractivity contribution < 1.29 is 38.2 Å². The molecule has 0 heterocycles. The number of esters is 2. The summed E-state index contributed by atoms with van der Waals surface area (Å²) >= 11 is 0. The molecule has 0 saturated carbocycles. The number of ether oxygens (including phenoxy) is 2. The lowest BCUT2D eigenvalue weighted by molar-refractivity contribution is -0.161. The molecule has 0 radical (unpaired) electrons. The zero-order valence-electron chi connectivity index (χ0n) is 46.3. The summed E-state index contributed by atoms with van der Waals surface area (Å²) in [6.07, 6.45) is 29.9. The summed E-state index contributed by atoms with van der Waals surface area (Å²) in [7, 11) is -3.20. The van der Waals surface area contributed by atoms with Crippen LogP contribution >= 0.6 is 0 Å². The third kappa shape index (κ3) is 25.7. The summed E-state index contributed by atoms with van der Waals surface area (Å²) in [5.41, 5.74) is 0.357. The summed E-state index contributed by atoms with van der Waals surface area (Å²) in [6, 6.07) is 28.3. The van der Waals surface area contributed by atoms with Crippen LogP contribution in [0.3, 0.4) is 0 Å². The molecule has 0 aromatic heterocycles. The average Bonchev–Trinajstić information content (AvgIpc) is 3.38. The second-order valence-corrected chi connectivity index (χ2v) is 26.0. The first kappa shape index (κ1) is 63.0. The van der Waals surface area contributed by atoms with Gasteiger partial charge in [-0.2, -0.15) is 0 Å². The number of carbonyl (C=O) groups is 4. The number of hydrogen-bond donors (Lipinski definition) is 2. The maximum absolute atomic E-state index is 14.3. The Labute approximate surface area is 444 Å². The molecule has 10 heteroatoms. The lowest BCUT2D eigenvalue weighted by Crippen LogP contribution is -2.68. The van der Waals surface area contributed by atoms with Gasteiger partial charge in [0.05, 0.1) is 31.1 Å². The third-order valence-corrected chi connectivity index (χ3v) is 19.4. The van der Waals surface area contributed by atoms with E-state index in [0.717, 1.165) is 48.9 Å². The highest BCUT2D eigenvalue weighted by atomic mass is 28.4. The van der Waals surface area contributed by atoms with Gasteiger partial charge in [0, 0.05) is 6.42 Å². The molecule has 3 aromatic carbocycles. The van der Waals surface area contributed by atoms with Gasteiger partial charge < -0.3 is 24.3 Å². The minimum atomic E-state index is -3.20. The summed E-state index contributed by atoms with van der Waals surface area (Å²) < 4.78 is 20.2. The molecule has 73 heavy (non-hydrogen) atoms. The third-order valence-electron chi connectivity index (χ3n) is 14.4. The van der Waals surface area contributed by atoms with E-state index in [0.29, 0.717) is 24.8 Å². The summed E-state index contributed by atoms with van der Waals surface area (Å²) in [4.78, 5) is 54.0. The number of nitrogens with one attached hydrogen (secondary N) is 1. The topological polar surface area (TPSA) is 128 Å². The molecule has 0 aliphatic heterocycles. The van der Waals surface area contributed by atoms with Crippen LogP contribution in [0.1, 0.15) is 244 Å². The molecule has 0 aliphatic rings. The van der Waals surface area contributed by atoms with E-state index in [2.05, 4.69) is 64.2 Å². The highest BCUT2D eigenvalue weighted by molar-refractivity contribution is 6.99. The van der Waals surface area contributed by atoms with Gasteiger partial charge in [0.15, 0.2) is 6.10 Å². The predicted octanol–water partition coefficient (Wildman–Crippen LogP) is 15.4. The Morgan fingerprint density at radius 3 is 1.32 bits per heavy atom. The zero-order chi connectivity index (χ0) is 52.8. The number of amides is 1. The van der Waals surface area contributed by atoms with Gasteiger partial charge in [0.2, 0.25) is 5.91 Å². The van der Waals surface area contributed by atoms with Gasteiger partial charge in [0.1, 0.15) is 6.10 Å². The van der Waals surface area contributed by atoms with Crippen molar-refractivity contribution in [1.29, 1.82) is 0 Å². The van der Waals surface area contributed by atoms with Crippen molar-refractivity contribution >= 4 is 42.5 Å². The smallest absolute Gasteiger partial charge is 0.338 e. The second-order valence-electron chi connectivity index (χ2n) is 21.7. The minimum Gasteiger partial charge on any atom is -0.481 e. The Bertz CT molecular complexity index is 1850. The molecule has 9 nitrogen and oxygen atoms in total. The molecule has 3 rings (SSSR count). The van der Waals surface area contributed by atoms with Crippen LogP contribution in [0.25, 0.3) is 0 Å². The molecular formula is C63H99NO8Si. The van der Waals surface area contributed by atoms with Crippen LogP contribution in [-0.4, -0.2) is 62.1 Å². The Morgan fingerprint density at radius 1 is 0.507 bits per heavy atom. The predicted molar refractivity (Wildman–Crippen MR) is 303 cm³/mol. The van der Waals surface area contributed by atoms with Crippen molar-refractivity contribution in [2.24, 2.45) is 0 Å². The van der Waals surface area contributed by atoms with Gasteiger partial charge in [-0.05, 0) is 46.8 Å². The zero-order valence-corrected chi connectivity index (χ0v) is 47.3. The van der Waals surface area contributed by atoms with Crippen LogP contribution in [-0.2, 0) is 28.3 Å². The van der Waals surface area contributed by atoms with E-state index >= 15 is 0 Å². The summed E-state index contributed by atoms with van der Waals surface area (Å²) in [5.74, 6) is -2.63. The fourth-order valence-electron chi connectivity index (χ4n) is 10.2. The monoisotopic (exact) mass is 1030 g/mol. The molecule has 0 unspecified atom stereocenters. The summed E-state index contributed by atoms with van der Waals surface area (Å²) in [6.45, 7) is 11.0. The number of carboxylic acids is 1. The molecule has 0 aliphatic carbocycles. The number of carbonyl (C=O) groups excluding carboxylic acids is 3. The first-order chi connectivity index (χ1) is 35.4. The van der Waals surface area contributed by atoms with E-state index in [1.165, 1.54) is 122 Å². The van der Waals surface area contributed by atoms with Gasteiger partial charge >= 0.3 is 17.9 Å². The lowest BCUT2D eigenvalue weighted by atomic mass is 9.98. The van der Waals surface area contributed by atoms with Crippen molar-refractivity contribution in [3.05, 3.63) is 96.6 Å². The largest absolute Gasteiger partial charge is 0.481 e. The molecule has 0 fully saturated rings. The molecule has 0 spiro atoms. The van der Waals surface area contributed by atoms with Crippen LogP contribution in [0.5, 0.6) is 0 Å². The van der Waals surface area contributed by atoms with Gasteiger partial charge in [-0.15, -0.1) is 0 Å². The second kappa shape index (κ2) is 38.3. The Hall–Kier alpha value is -4.28. The lowest BCUT2D eigenvalue weighted by Gasteiger charge is -2.44. The summed E-state index contributed by atoms with van der Waals surface area (Å²) in [5, 5.41) is 14.6. The van der Waals surface area contributed by atoms with Crippen LogP contribution in [0.4, 0.5) is 0 Å².